The highest BCUT2D eigenvalue weighted by molar-refractivity contribution is 7.89. The van der Waals surface area contributed by atoms with Crippen LogP contribution >= 0.6 is 0 Å². The van der Waals surface area contributed by atoms with Gasteiger partial charge in [-0.2, -0.15) is 4.31 Å². The Bertz CT molecular complexity index is 990. The number of carbonyl (C=O) groups is 2. The average molecular weight is 420 g/mol. The number of benzene rings is 1. The first kappa shape index (κ1) is 21.1. The van der Waals surface area contributed by atoms with Crippen molar-refractivity contribution in [1.29, 1.82) is 0 Å². The Morgan fingerprint density at radius 1 is 1.10 bits per heavy atom. The molecule has 1 aliphatic heterocycles. The van der Waals surface area contributed by atoms with Gasteiger partial charge >= 0.3 is 0 Å². The zero-order valence-corrected chi connectivity index (χ0v) is 17.3. The monoisotopic (exact) mass is 419 g/mol. The van der Waals surface area contributed by atoms with E-state index in [-0.39, 0.29) is 22.3 Å². The Morgan fingerprint density at radius 2 is 1.76 bits per heavy atom. The number of furan rings is 1. The van der Waals surface area contributed by atoms with Crippen LogP contribution in [0.4, 0.5) is 5.69 Å². The lowest BCUT2D eigenvalue weighted by atomic mass is 10.2. The predicted octanol–water partition coefficient (Wildman–Crippen LogP) is 2.76. The molecule has 3 rings (SSSR count). The van der Waals surface area contributed by atoms with Gasteiger partial charge in [0.1, 0.15) is 10.7 Å². The van der Waals surface area contributed by atoms with E-state index in [1.54, 1.807) is 24.3 Å². The summed E-state index contributed by atoms with van der Waals surface area (Å²) >= 11 is 0. The standard InChI is InChI=1S/C20H25N3O5S/c1-3-10-21-19(24)15-6-8-16(9-7-15)22-20(25)17-13-18(14(2)28-17)29(26,27)23-11-4-5-12-23/h6-9,13H,3-5,10-12H2,1-2H3,(H,21,24)(H,22,25). The third kappa shape index (κ3) is 4.68. The summed E-state index contributed by atoms with van der Waals surface area (Å²) in [5.41, 5.74) is 0.962. The fourth-order valence-electron chi connectivity index (χ4n) is 3.14. The number of rotatable bonds is 7. The molecule has 2 N–H and O–H groups in total. The van der Waals surface area contributed by atoms with Crippen molar-refractivity contribution in [3.63, 3.8) is 0 Å². The molecule has 1 aliphatic rings. The molecule has 2 aromatic rings. The van der Waals surface area contributed by atoms with Crippen molar-refractivity contribution in [3.05, 3.63) is 47.4 Å². The van der Waals surface area contributed by atoms with Crippen molar-refractivity contribution in [2.75, 3.05) is 25.0 Å². The van der Waals surface area contributed by atoms with Crippen molar-refractivity contribution in [1.82, 2.24) is 9.62 Å². The topological polar surface area (TPSA) is 109 Å². The second kappa shape index (κ2) is 8.79. The van der Waals surface area contributed by atoms with Crippen LogP contribution in [0.3, 0.4) is 0 Å². The van der Waals surface area contributed by atoms with Gasteiger partial charge in [-0.25, -0.2) is 8.42 Å². The van der Waals surface area contributed by atoms with Gasteiger partial charge in [-0.05, 0) is 50.5 Å². The highest BCUT2D eigenvalue weighted by Gasteiger charge is 2.31. The number of carbonyl (C=O) groups excluding carboxylic acids is 2. The number of hydrogen-bond acceptors (Lipinski definition) is 5. The quantitative estimate of drug-likeness (QED) is 0.717. The molecule has 2 heterocycles. The Balaban J connectivity index is 1.71. The fourth-order valence-corrected chi connectivity index (χ4v) is 4.82. The minimum atomic E-state index is -3.66. The Labute approximate surface area is 170 Å². The van der Waals surface area contributed by atoms with E-state index in [4.69, 9.17) is 4.42 Å². The molecule has 8 nitrogen and oxygen atoms in total. The summed E-state index contributed by atoms with van der Waals surface area (Å²) in [7, 11) is -3.66. The maximum atomic E-state index is 12.7. The summed E-state index contributed by atoms with van der Waals surface area (Å²) in [4.78, 5) is 24.4. The van der Waals surface area contributed by atoms with E-state index in [0.717, 1.165) is 19.3 Å². The SMILES string of the molecule is CCCNC(=O)c1ccc(NC(=O)c2cc(S(=O)(=O)N3CCCC3)c(C)o2)cc1. The minimum Gasteiger partial charge on any atom is -0.455 e. The van der Waals surface area contributed by atoms with Crippen molar-refractivity contribution in [2.45, 2.75) is 38.0 Å². The fraction of sp³-hybridized carbons (Fsp3) is 0.400. The number of hydrogen-bond donors (Lipinski definition) is 2. The van der Waals surface area contributed by atoms with Crippen LogP contribution in [0.15, 0.2) is 39.6 Å². The van der Waals surface area contributed by atoms with E-state index in [1.165, 1.54) is 17.3 Å². The number of amides is 2. The summed E-state index contributed by atoms with van der Waals surface area (Å²) < 4.78 is 32.3. The van der Waals surface area contributed by atoms with E-state index < -0.39 is 15.9 Å². The van der Waals surface area contributed by atoms with Gasteiger partial charge in [0.2, 0.25) is 10.0 Å². The number of nitrogens with one attached hydrogen (secondary N) is 2. The highest BCUT2D eigenvalue weighted by Crippen LogP contribution is 2.26. The third-order valence-electron chi connectivity index (χ3n) is 4.72. The molecule has 0 spiro atoms. The third-order valence-corrected chi connectivity index (χ3v) is 6.73. The average Bonchev–Trinajstić information content (AvgIpc) is 3.37. The van der Waals surface area contributed by atoms with Gasteiger partial charge in [0.25, 0.3) is 11.8 Å². The molecule has 1 aromatic heterocycles. The Hall–Kier alpha value is -2.65. The molecule has 1 aromatic carbocycles. The van der Waals surface area contributed by atoms with Gasteiger partial charge in [-0.1, -0.05) is 6.92 Å². The summed E-state index contributed by atoms with van der Waals surface area (Å²) in [6.07, 6.45) is 2.50. The van der Waals surface area contributed by atoms with Gasteiger partial charge in [0.15, 0.2) is 5.76 Å². The number of sulfonamides is 1. The Morgan fingerprint density at radius 3 is 2.38 bits per heavy atom. The van der Waals surface area contributed by atoms with Gasteiger partial charge < -0.3 is 15.1 Å². The molecule has 1 saturated heterocycles. The van der Waals surface area contributed by atoms with Gasteiger partial charge in [-0.15, -0.1) is 0 Å². The predicted molar refractivity (Wildman–Crippen MR) is 108 cm³/mol. The summed E-state index contributed by atoms with van der Waals surface area (Å²) in [6, 6.07) is 7.70. The van der Waals surface area contributed by atoms with E-state index in [0.29, 0.717) is 30.9 Å². The largest absolute Gasteiger partial charge is 0.455 e. The summed E-state index contributed by atoms with van der Waals surface area (Å²) in [5, 5.41) is 5.43. The maximum absolute atomic E-state index is 12.7. The van der Waals surface area contributed by atoms with Crippen molar-refractivity contribution in [2.24, 2.45) is 0 Å². The molecule has 0 unspecified atom stereocenters. The van der Waals surface area contributed by atoms with Crippen LogP contribution in [0.2, 0.25) is 0 Å². The lowest BCUT2D eigenvalue weighted by Gasteiger charge is -2.14. The van der Waals surface area contributed by atoms with E-state index in [2.05, 4.69) is 10.6 Å². The molecule has 156 valence electrons. The van der Waals surface area contributed by atoms with Crippen LogP contribution in [0.1, 0.15) is 52.9 Å². The molecular weight excluding hydrogens is 394 g/mol. The van der Waals surface area contributed by atoms with Gasteiger partial charge in [0, 0.05) is 37.0 Å². The molecule has 0 atom stereocenters. The van der Waals surface area contributed by atoms with E-state index in [1.807, 2.05) is 6.92 Å². The molecule has 29 heavy (non-hydrogen) atoms. The molecule has 0 radical (unpaired) electrons. The minimum absolute atomic E-state index is 0.0208. The first-order chi connectivity index (χ1) is 13.8. The van der Waals surface area contributed by atoms with Crippen LogP contribution in [0, 0.1) is 6.92 Å². The maximum Gasteiger partial charge on any atom is 0.291 e. The van der Waals surface area contributed by atoms with E-state index >= 15 is 0 Å². The van der Waals surface area contributed by atoms with E-state index in [9.17, 15) is 18.0 Å². The second-order valence-corrected chi connectivity index (χ2v) is 8.84. The van der Waals surface area contributed by atoms with Crippen molar-refractivity contribution >= 4 is 27.5 Å². The molecule has 1 fully saturated rings. The lowest BCUT2D eigenvalue weighted by molar-refractivity contribution is 0.0952. The molecular formula is C20H25N3O5S. The van der Waals surface area contributed by atoms with Crippen LogP contribution in [0.25, 0.3) is 0 Å². The zero-order chi connectivity index (χ0) is 21.0. The number of nitrogens with zero attached hydrogens (tertiary/aromatic N) is 1. The number of aryl methyl sites for hydroxylation is 1. The van der Waals surface area contributed by atoms with Gasteiger partial charge in [0.05, 0.1) is 0 Å². The summed E-state index contributed by atoms with van der Waals surface area (Å²) in [5.74, 6) is -0.627. The smallest absolute Gasteiger partial charge is 0.291 e. The van der Waals surface area contributed by atoms with Crippen LogP contribution < -0.4 is 10.6 Å². The molecule has 0 aliphatic carbocycles. The van der Waals surface area contributed by atoms with Crippen molar-refractivity contribution in [3.8, 4) is 0 Å². The molecule has 0 saturated carbocycles. The normalized spacial score (nSPS) is 14.7. The summed E-state index contributed by atoms with van der Waals surface area (Å²) in [6.45, 7) is 5.05. The highest BCUT2D eigenvalue weighted by atomic mass is 32.2. The second-order valence-electron chi connectivity index (χ2n) is 6.93. The van der Waals surface area contributed by atoms with Crippen LogP contribution in [-0.2, 0) is 10.0 Å². The zero-order valence-electron chi connectivity index (χ0n) is 16.5. The first-order valence-electron chi connectivity index (χ1n) is 9.63. The molecule has 9 heteroatoms. The van der Waals surface area contributed by atoms with Crippen molar-refractivity contribution < 1.29 is 22.4 Å². The number of anilines is 1. The Kier molecular flexibility index (Phi) is 6.39. The molecule has 2 amide bonds. The first-order valence-corrected chi connectivity index (χ1v) is 11.1. The molecule has 0 bridgehead atoms. The van der Waals surface area contributed by atoms with Crippen LogP contribution in [0.5, 0.6) is 0 Å². The lowest BCUT2D eigenvalue weighted by Crippen LogP contribution is -2.28. The van der Waals surface area contributed by atoms with Crippen LogP contribution in [-0.4, -0.2) is 44.2 Å². The van der Waals surface area contributed by atoms with Gasteiger partial charge in [-0.3, -0.25) is 9.59 Å².